The molecule has 4 nitrogen and oxygen atoms in total. The molecule has 3 aromatic rings. The fourth-order valence-electron chi connectivity index (χ4n) is 2.08. The van der Waals surface area contributed by atoms with Gasteiger partial charge >= 0.3 is 0 Å². The second kappa shape index (κ2) is 5.20. The van der Waals surface area contributed by atoms with Crippen LogP contribution in [0.3, 0.4) is 0 Å². The molecule has 0 amide bonds. The molecule has 102 valence electrons. The van der Waals surface area contributed by atoms with E-state index in [-0.39, 0.29) is 5.82 Å². The summed E-state index contributed by atoms with van der Waals surface area (Å²) >= 11 is 3.45. The zero-order valence-corrected chi connectivity index (χ0v) is 12.3. The van der Waals surface area contributed by atoms with Gasteiger partial charge in [-0.3, -0.25) is 0 Å². The molecule has 0 unspecified atom stereocenters. The van der Waals surface area contributed by atoms with Crippen molar-refractivity contribution in [2.75, 3.05) is 11.9 Å². The summed E-state index contributed by atoms with van der Waals surface area (Å²) < 4.78 is 18.6. The number of anilines is 1. The van der Waals surface area contributed by atoms with E-state index in [1.807, 2.05) is 24.1 Å². The van der Waals surface area contributed by atoms with E-state index in [1.54, 1.807) is 12.1 Å². The highest BCUT2D eigenvalue weighted by Crippen LogP contribution is 2.29. The molecule has 3 rings (SSSR count). The Bertz CT molecular complexity index is 742. The average Bonchev–Trinajstić information content (AvgIpc) is 2.88. The largest absolute Gasteiger partial charge is 0.368 e. The second-order valence-electron chi connectivity index (χ2n) is 4.54. The van der Waals surface area contributed by atoms with Crippen molar-refractivity contribution >= 4 is 32.7 Å². The molecule has 0 bridgehead atoms. The Balaban J connectivity index is 1.93. The van der Waals surface area contributed by atoms with E-state index < -0.39 is 0 Å². The molecule has 0 N–H and O–H groups in total. The van der Waals surface area contributed by atoms with Crippen LogP contribution >= 0.6 is 15.9 Å². The molecule has 0 aliphatic carbocycles. The smallest absolute Gasteiger partial charge is 0.158 e. The topological polar surface area (TPSA) is 42.2 Å². The van der Waals surface area contributed by atoms with Gasteiger partial charge in [-0.05, 0) is 40.1 Å². The Morgan fingerprint density at radius 3 is 2.70 bits per heavy atom. The molecule has 20 heavy (non-hydrogen) atoms. The zero-order valence-electron chi connectivity index (χ0n) is 10.7. The molecule has 1 heterocycles. The normalized spacial score (nSPS) is 10.9. The van der Waals surface area contributed by atoms with Crippen LogP contribution in [-0.4, -0.2) is 17.4 Å². The van der Waals surface area contributed by atoms with E-state index in [4.69, 9.17) is 4.63 Å². The van der Waals surface area contributed by atoms with Gasteiger partial charge in [0.05, 0.1) is 5.69 Å². The predicted octanol–water partition coefficient (Wildman–Crippen LogP) is 3.76. The SMILES string of the molecule is CN(Cc1ccc(F)cc1)c1cc(Br)cc2nonc12. The summed E-state index contributed by atoms with van der Waals surface area (Å²) in [6.45, 7) is 0.638. The van der Waals surface area contributed by atoms with Crippen LogP contribution in [0.2, 0.25) is 0 Å². The minimum atomic E-state index is -0.234. The first-order chi connectivity index (χ1) is 9.63. The monoisotopic (exact) mass is 335 g/mol. The third-order valence-electron chi connectivity index (χ3n) is 3.05. The van der Waals surface area contributed by atoms with Gasteiger partial charge in [-0.1, -0.05) is 28.1 Å². The van der Waals surface area contributed by atoms with Gasteiger partial charge in [0.1, 0.15) is 11.3 Å². The first-order valence-corrected chi connectivity index (χ1v) is 6.80. The maximum atomic E-state index is 12.9. The van der Waals surface area contributed by atoms with Crippen molar-refractivity contribution in [3.8, 4) is 0 Å². The Morgan fingerprint density at radius 2 is 1.95 bits per heavy atom. The van der Waals surface area contributed by atoms with Crippen molar-refractivity contribution in [1.82, 2.24) is 10.3 Å². The number of aromatic nitrogens is 2. The number of rotatable bonds is 3. The van der Waals surface area contributed by atoms with Crippen LogP contribution < -0.4 is 4.90 Å². The molecular formula is C14H11BrFN3O. The molecule has 0 aliphatic rings. The van der Waals surface area contributed by atoms with Gasteiger partial charge < -0.3 is 4.90 Å². The number of hydrogen-bond donors (Lipinski definition) is 0. The summed E-state index contributed by atoms with van der Waals surface area (Å²) in [6, 6.07) is 10.2. The molecule has 0 saturated carbocycles. The lowest BCUT2D eigenvalue weighted by Crippen LogP contribution is -2.16. The van der Waals surface area contributed by atoms with Crippen molar-refractivity contribution < 1.29 is 9.02 Å². The zero-order chi connectivity index (χ0) is 14.1. The highest BCUT2D eigenvalue weighted by Gasteiger charge is 2.12. The summed E-state index contributed by atoms with van der Waals surface area (Å²) in [5.74, 6) is -0.234. The number of halogens is 2. The molecule has 0 fully saturated rings. The van der Waals surface area contributed by atoms with Crippen molar-refractivity contribution in [3.63, 3.8) is 0 Å². The standard InChI is InChI=1S/C14H11BrFN3O/c1-19(8-9-2-4-11(16)5-3-9)13-7-10(15)6-12-14(13)18-20-17-12/h2-7H,8H2,1H3. The number of hydrogen-bond acceptors (Lipinski definition) is 4. The maximum absolute atomic E-state index is 12.9. The lowest BCUT2D eigenvalue weighted by molar-refractivity contribution is 0.315. The van der Waals surface area contributed by atoms with Crippen LogP contribution in [0, 0.1) is 5.82 Å². The van der Waals surface area contributed by atoms with Crippen molar-refractivity contribution in [1.29, 1.82) is 0 Å². The van der Waals surface area contributed by atoms with E-state index in [2.05, 4.69) is 26.2 Å². The molecule has 1 aromatic heterocycles. The van der Waals surface area contributed by atoms with E-state index in [9.17, 15) is 4.39 Å². The van der Waals surface area contributed by atoms with Crippen LogP contribution in [-0.2, 0) is 6.54 Å². The van der Waals surface area contributed by atoms with Crippen LogP contribution in [0.1, 0.15) is 5.56 Å². The first kappa shape index (κ1) is 13.1. The fourth-order valence-corrected chi connectivity index (χ4v) is 2.51. The molecule has 0 saturated heterocycles. The first-order valence-electron chi connectivity index (χ1n) is 6.01. The number of nitrogens with zero attached hydrogens (tertiary/aromatic N) is 3. The average molecular weight is 336 g/mol. The summed E-state index contributed by atoms with van der Waals surface area (Å²) in [5, 5.41) is 7.78. The van der Waals surface area contributed by atoms with Crippen molar-refractivity contribution in [2.45, 2.75) is 6.54 Å². The Hall–Kier alpha value is -1.95. The highest BCUT2D eigenvalue weighted by atomic mass is 79.9. The summed E-state index contributed by atoms with van der Waals surface area (Å²) in [5.41, 5.74) is 3.32. The molecule has 0 radical (unpaired) electrons. The van der Waals surface area contributed by atoms with Gasteiger partial charge in [-0.2, -0.15) is 0 Å². The molecule has 0 aliphatic heterocycles. The van der Waals surface area contributed by atoms with Gasteiger partial charge in [0.25, 0.3) is 0 Å². The van der Waals surface area contributed by atoms with Crippen LogP contribution in [0.4, 0.5) is 10.1 Å². The Labute approximate surface area is 123 Å². The van der Waals surface area contributed by atoms with E-state index in [0.29, 0.717) is 17.6 Å². The molecule has 0 spiro atoms. The van der Waals surface area contributed by atoms with Gasteiger partial charge in [0, 0.05) is 18.1 Å². The van der Waals surface area contributed by atoms with E-state index >= 15 is 0 Å². The summed E-state index contributed by atoms with van der Waals surface area (Å²) in [4.78, 5) is 2.02. The summed E-state index contributed by atoms with van der Waals surface area (Å²) in [6.07, 6.45) is 0. The van der Waals surface area contributed by atoms with Gasteiger partial charge in [0.15, 0.2) is 5.52 Å². The molecular weight excluding hydrogens is 325 g/mol. The quantitative estimate of drug-likeness (QED) is 0.730. The minimum absolute atomic E-state index is 0.234. The van der Waals surface area contributed by atoms with Crippen LogP contribution in [0.5, 0.6) is 0 Å². The predicted molar refractivity (Wildman–Crippen MR) is 78.0 cm³/mol. The molecule has 6 heteroatoms. The molecule has 0 atom stereocenters. The van der Waals surface area contributed by atoms with Gasteiger partial charge in [-0.25, -0.2) is 9.02 Å². The number of benzene rings is 2. The third-order valence-corrected chi connectivity index (χ3v) is 3.51. The van der Waals surface area contributed by atoms with Crippen molar-refractivity contribution in [3.05, 3.63) is 52.3 Å². The van der Waals surface area contributed by atoms with Crippen molar-refractivity contribution in [2.24, 2.45) is 0 Å². The van der Waals surface area contributed by atoms with E-state index in [1.165, 1.54) is 12.1 Å². The highest BCUT2D eigenvalue weighted by molar-refractivity contribution is 9.10. The van der Waals surface area contributed by atoms with Gasteiger partial charge in [0.2, 0.25) is 0 Å². The third kappa shape index (κ3) is 2.51. The Morgan fingerprint density at radius 1 is 1.20 bits per heavy atom. The Kier molecular flexibility index (Phi) is 3.40. The van der Waals surface area contributed by atoms with Gasteiger partial charge in [-0.15, -0.1) is 0 Å². The lowest BCUT2D eigenvalue weighted by atomic mass is 10.2. The maximum Gasteiger partial charge on any atom is 0.158 e. The molecule has 2 aromatic carbocycles. The minimum Gasteiger partial charge on any atom is -0.368 e. The van der Waals surface area contributed by atoms with Crippen LogP contribution in [0.25, 0.3) is 11.0 Å². The summed E-state index contributed by atoms with van der Waals surface area (Å²) in [7, 11) is 1.94. The lowest BCUT2D eigenvalue weighted by Gasteiger charge is -2.19. The fraction of sp³-hybridized carbons (Fsp3) is 0.143. The second-order valence-corrected chi connectivity index (χ2v) is 5.46. The van der Waals surface area contributed by atoms with Crippen LogP contribution in [0.15, 0.2) is 45.5 Å². The van der Waals surface area contributed by atoms with E-state index in [0.717, 1.165) is 15.7 Å². The number of fused-ring (bicyclic) bond motifs is 1.